The number of amides is 1. The van der Waals surface area contributed by atoms with Crippen molar-refractivity contribution in [3.63, 3.8) is 0 Å². The third kappa shape index (κ3) is 5.57. The molecule has 29 heavy (non-hydrogen) atoms. The van der Waals surface area contributed by atoms with E-state index in [2.05, 4.69) is 0 Å². The summed E-state index contributed by atoms with van der Waals surface area (Å²) in [5.41, 5.74) is 1.60. The SMILES string of the molecule is O=C(CCN(Cc1ccc([N+](=O)[O-])cc1)S(=O)(=O)c1ccc(C(=O)O)cc1)NO. The zero-order chi connectivity index (χ0) is 21.6. The molecule has 0 aliphatic rings. The van der Waals surface area contributed by atoms with Crippen LogP contribution in [-0.4, -0.2) is 46.4 Å². The van der Waals surface area contributed by atoms with Gasteiger partial charge in [0.1, 0.15) is 0 Å². The maximum atomic E-state index is 13.0. The van der Waals surface area contributed by atoms with E-state index in [0.717, 1.165) is 28.6 Å². The molecule has 0 unspecified atom stereocenters. The smallest absolute Gasteiger partial charge is 0.335 e. The molecule has 12 heteroatoms. The lowest BCUT2D eigenvalue weighted by Gasteiger charge is -2.22. The van der Waals surface area contributed by atoms with Crippen LogP contribution in [0.4, 0.5) is 5.69 Å². The minimum Gasteiger partial charge on any atom is -0.478 e. The number of nitro benzene ring substituents is 1. The van der Waals surface area contributed by atoms with E-state index in [0.29, 0.717) is 5.56 Å². The van der Waals surface area contributed by atoms with Gasteiger partial charge in [0.05, 0.1) is 15.4 Å². The molecule has 0 aliphatic heterocycles. The van der Waals surface area contributed by atoms with Crippen molar-refractivity contribution in [2.24, 2.45) is 0 Å². The molecular weight excluding hydrogens is 406 g/mol. The molecule has 0 atom stereocenters. The Bertz CT molecular complexity index is 1000. The monoisotopic (exact) mass is 423 g/mol. The van der Waals surface area contributed by atoms with Gasteiger partial charge in [0, 0.05) is 31.6 Å². The van der Waals surface area contributed by atoms with Gasteiger partial charge in [-0.3, -0.25) is 20.1 Å². The molecule has 11 nitrogen and oxygen atoms in total. The topological polar surface area (TPSA) is 167 Å². The first kappa shape index (κ1) is 21.9. The largest absolute Gasteiger partial charge is 0.478 e. The number of carboxylic acids is 1. The highest BCUT2D eigenvalue weighted by Gasteiger charge is 2.26. The number of nitrogens with zero attached hydrogens (tertiary/aromatic N) is 2. The highest BCUT2D eigenvalue weighted by molar-refractivity contribution is 7.89. The molecule has 0 heterocycles. The molecule has 0 radical (unpaired) electrons. The van der Waals surface area contributed by atoms with Gasteiger partial charge in [-0.15, -0.1) is 0 Å². The van der Waals surface area contributed by atoms with E-state index < -0.39 is 26.8 Å². The van der Waals surface area contributed by atoms with Gasteiger partial charge >= 0.3 is 5.97 Å². The third-order valence-electron chi connectivity index (χ3n) is 3.96. The fourth-order valence-electron chi connectivity index (χ4n) is 2.41. The number of benzene rings is 2. The Labute approximate surface area is 165 Å². The Morgan fingerprint density at radius 2 is 1.66 bits per heavy atom. The molecule has 0 spiro atoms. The summed E-state index contributed by atoms with van der Waals surface area (Å²) in [6.07, 6.45) is -0.337. The number of hydroxylamine groups is 1. The Kier molecular flexibility index (Phi) is 6.98. The van der Waals surface area contributed by atoms with Crippen LogP contribution in [0.15, 0.2) is 53.4 Å². The van der Waals surface area contributed by atoms with Crippen LogP contribution in [0.5, 0.6) is 0 Å². The first-order valence-corrected chi connectivity index (χ1v) is 9.59. The van der Waals surface area contributed by atoms with Gasteiger partial charge in [0.25, 0.3) is 5.69 Å². The van der Waals surface area contributed by atoms with E-state index in [1.54, 1.807) is 0 Å². The molecule has 0 saturated heterocycles. The number of carbonyl (C=O) groups is 2. The predicted molar refractivity (Wildman–Crippen MR) is 98.6 cm³/mol. The summed E-state index contributed by atoms with van der Waals surface area (Å²) in [7, 11) is -4.13. The zero-order valence-electron chi connectivity index (χ0n) is 14.9. The van der Waals surface area contributed by atoms with E-state index in [1.807, 2.05) is 0 Å². The fourth-order valence-corrected chi connectivity index (χ4v) is 3.84. The number of non-ortho nitro benzene ring substituents is 1. The number of nitrogens with one attached hydrogen (secondary N) is 1. The van der Waals surface area contributed by atoms with Crippen LogP contribution in [-0.2, 0) is 21.4 Å². The van der Waals surface area contributed by atoms with Crippen LogP contribution in [0, 0.1) is 10.1 Å². The number of hydrogen-bond acceptors (Lipinski definition) is 7. The highest BCUT2D eigenvalue weighted by Crippen LogP contribution is 2.21. The first-order valence-electron chi connectivity index (χ1n) is 8.15. The van der Waals surface area contributed by atoms with E-state index >= 15 is 0 Å². The lowest BCUT2D eigenvalue weighted by molar-refractivity contribution is -0.384. The van der Waals surface area contributed by atoms with Crippen LogP contribution in [0.2, 0.25) is 0 Å². The van der Waals surface area contributed by atoms with Gasteiger partial charge in [0.15, 0.2) is 0 Å². The number of carbonyl (C=O) groups excluding carboxylic acids is 1. The molecular formula is C17H17N3O8S. The van der Waals surface area contributed by atoms with Gasteiger partial charge in [0.2, 0.25) is 15.9 Å². The number of sulfonamides is 1. The van der Waals surface area contributed by atoms with Crippen LogP contribution in [0.3, 0.4) is 0 Å². The molecule has 3 N–H and O–H groups in total. The average Bonchev–Trinajstić information content (AvgIpc) is 2.70. The molecule has 0 aliphatic carbocycles. The minimum absolute atomic E-state index is 0.0921. The maximum Gasteiger partial charge on any atom is 0.335 e. The molecule has 0 bridgehead atoms. The lowest BCUT2D eigenvalue weighted by Crippen LogP contribution is -2.34. The molecule has 154 valence electrons. The number of carboxylic acid groups (broad SMARTS) is 1. The summed E-state index contributed by atoms with van der Waals surface area (Å²) in [4.78, 5) is 32.3. The van der Waals surface area contributed by atoms with Crippen LogP contribution in [0.1, 0.15) is 22.3 Å². The Morgan fingerprint density at radius 1 is 1.07 bits per heavy atom. The summed E-state index contributed by atoms with van der Waals surface area (Å²) in [6, 6.07) is 9.77. The first-order chi connectivity index (χ1) is 13.6. The van der Waals surface area contributed by atoms with Gasteiger partial charge in [-0.2, -0.15) is 4.31 Å². The average molecular weight is 423 g/mol. The molecule has 2 aromatic rings. The van der Waals surface area contributed by atoms with E-state index in [1.165, 1.54) is 29.7 Å². The van der Waals surface area contributed by atoms with Crippen LogP contribution < -0.4 is 5.48 Å². The summed E-state index contributed by atoms with van der Waals surface area (Å²) < 4.78 is 26.9. The molecule has 0 aromatic heterocycles. The Hall–Kier alpha value is -3.35. The summed E-state index contributed by atoms with van der Waals surface area (Å²) in [6.45, 7) is -0.480. The van der Waals surface area contributed by atoms with Crippen molar-refractivity contribution in [1.82, 2.24) is 9.79 Å². The van der Waals surface area contributed by atoms with Crippen LogP contribution in [0.25, 0.3) is 0 Å². The summed E-state index contributed by atoms with van der Waals surface area (Å²) in [5, 5.41) is 28.3. The van der Waals surface area contributed by atoms with Crippen molar-refractivity contribution in [3.05, 3.63) is 69.8 Å². The summed E-state index contributed by atoms with van der Waals surface area (Å²) >= 11 is 0. The van der Waals surface area contributed by atoms with Crippen LogP contribution >= 0.6 is 0 Å². The number of nitro groups is 1. The van der Waals surface area contributed by atoms with Gasteiger partial charge in [-0.25, -0.2) is 18.7 Å². The molecule has 2 rings (SSSR count). The van der Waals surface area contributed by atoms with Crippen molar-refractivity contribution < 1.29 is 33.2 Å². The molecule has 2 aromatic carbocycles. The van der Waals surface area contributed by atoms with Crippen molar-refractivity contribution >= 4 is 27.6 Å². The normalized spacial score (nSPS) is 11.2. The Morgan fingerprint density at radius 3 is 2.14 bits per heavy atom. The second-order valence-corrected chi connectivity index (χ2v) is 7.81. The zero-order valence-corrected chi connectivity index (χ0v) is 15.7. The molecule has 0 saturated carbocycles. The van der Waals surface area contributed by atoms with Crippen molar-refractivity contribution in [2.75, 3.05) is 6.54 Å². The highest BCUT2D eigenvalue weighted by atomic mass is 32.2. The lowest BCUT2D eigenvalue weighted by atomic mass is 10.2. The quantitative estimate of drug-likeness (QED) is 0.309. The third-order valence-corrected chi connectivity index (χ3v) is 5.82. The Balaban J connectivity index is 2.33. The molecule has 0 fully saturated rings. The van der Waals surface area contributed by atoms with Crippen molar-refractivity contribution in [2.45, 2.75) is 17.9 Å². The van der Waals surface area contributed by atoms with Gasteiger partial charge in [-0.1, -0.05) is 12.1 Å². The fraction of sp³-hybridized carbons (Fsp3) is 0.176. The second kappa shape index (κ2) is 9.23. The van der Waals surface area contributed by atoms with Crippen molar-refractivity contribution in [3.8, 4) is 0 Å². The standard InChI is InChI=1S/C17H17N3O8S/c21-16(18-24)9-10-19(11-12-1-5-14(6-2-12)20(25)26)29(27,28)15-7-3-13(4-8-15)17(22)23/h1-8,24H,9-11H2,(H,18,21)(H,22,23). The van der Waals surface area contributed by atoms with E-state index in [9.17, 15) is 28.1 Å². The molecule has 1 amide bonds. The summed E-state index contributed by atoms with van der Waals surface area (Å²) in [5.74, 6) is -2.01. The van der Waals surface area contributed by atoms with Gasteiger partial charge < -0.3 is 5.11 Å². The second-order valence-electron chi connectivity index (χ2n) is 5.88. The maximum absolute atomic E-state index is 13.0. The predicted octanol–water partition coefficient (Wildman–Crippen LogP) is 1.38. The van der Waals surface area contributed by atoms with Crippen molar-refractivity contribution in [1.29, 1.82) is 0 Å². The van der Waals surface area contributed by atoms with E-state index in [4.69, 9.17) is 10.3 Å². The number of aromatic carboxylic acids is 1. The number of rotatable bonds is 9. The van der Waals surface area contributed by atoms with E-state index in [-0.39, 0.29) is 35.7 Å². The minimum atomic E-state index is -4.13. The number of hydrogen-bond donors (Lipinski definition) is 3. The van der Waals surface area contributed by atoms with Gasteiger partial charge in [-0.05, 0) is 29.8 Å².